The van der Waals surface area contributed by atoms with Gasteiger partial charge in [-0.3, -0.25) is 0 Å². The number of hydrogen-bond acceptors (Lipinski definition) is 1. The van der Waals surface area contributed by atoms with Crippen LogP contribution in [0.1, 0.15) is 31.2 Å². The van der Waals surface area contributed by atoms with Gasteiger partial charge < -0.3 is 5.32 Å². The van der Waals surface area contributed by atoms with Crippen molar-refractivity contribution < 1.29 is 4.39 Å². The van der Waals surface area contributed by atoms with E-state index in [4.69, 9.17) is 0 Å². The minimum Gasteiger partial charge on any atom is -0.319 e. The van der Waals surface area contributed by atoms with Crippen molar-refractivity contribution in [2.45, 2.75) is 32.1 Å². The van der Waals surface area contributed by atoms with Crippen molar-refractivity contribution in [3.8, 4) is 0 Å². The first-order valence-electron chi connectivity index (χ1n) is 6.14. The predicted octanol–water partition coefficient (Wildman–Crippen LogP) is 3.15. The van der Waals surface area contributed by atoms with Crippen molar-refractivity contribution in [2.75, 3.05) is 13.6 Å². The lowest BCUT2D eigenvalue weighted by atomic mass is 9.80. The molecular weight excluding hydrogens is 201 g/mol. The van der Waals surface area contributed by atoms with E-state index in [9.17, 15) is 4.39 Å². The van der Waals surface area contributed by atoms with Crippen molar-refractivity contribution in [3.05, 3.63) is 35.6 Å². The molecule has 1 saturated carbocycles. The van der Waals surface area contributed by atoms with Gasteiger partial charge in [0.15, 0.2) is 0 Å². The van der Waals surface area contributed by atoms with Crippen LogP contribution in [-0.2, 0) is 6.42 Å². The zero-order valence-electron chi connectivity index (χ0n) is 9.93. The van der Waals surface area contributed by atoms with Crippen molar-refractivity contribution >= 4 is 0 Å². The molecular formula is C14H20FN. The molecule has 0 bridgehead atoms. The van der Waals surface area contributed by atoms with E-state index in [0.717, 1.165) is 18.5 Å². The Bertz CT molecular complexity index is 342. The molecule has 0 unspecified atom stereocenters. The van der Waals surface area contributed by atoms with Crippen LogP contribution in [-0.4, -0.2) is 13.6 Å². The number of benzene rings is 1. The van der Waals surface area contributed by atoms with E-state index in [2.05, 4.69) is 5.32 Å². The summed E-state index contributed by atoms with van der Waals surface area (Å²) >= 11 is 0. The van der Waals surface area contributed by atoms with Gasteiger partial charge in [-0.2, -0.15) is 0 Å². The Labute approximate surface area is 97.1 Å². The number of nitrogens with one attached hydrogen (secondary N) is 1. The van der Waals surface area contributed by atoms with Crippen LogP contribution in [0.2, 0.25) is 0 Å². The van der Waals surface area contributed by atoms with Crippen LogP contribution in [0.25, 0.3) is 0 Å². The molecule has 1 nitrogen and oxygen atoms in total. The first-order valence-corrected chi connectivity index (χ1v) is 6.14. The first-order chi connectivity index (χ1) is 7.76. The van der Waals surface area contributed by atoms with Gasteiger partial charge in [-0.1, -0.05) is 31.0 Å². The number of rotatable bonds is 4. The fraction of sp³-hybridized carbons (Fsp3) is 0.571. The second-order valence-electron chi connectivity index (χ2n) is 5.01. The maximum Gasteiger partial charge on any atom is 0.126 e. The fourth-order valence-corrected chi connectivity index (χ4v) is 2.96. The van der Waals surface area contributed by atoms with Crippen LogP contribution in [0, 0.1) is 11.2 Å². The lowest BCUT2D eigenvalue weighted by molar-refractivity contribution is 0.282. The minimum atomic E-state index is -0.0510. The minimum absolute atomic E-state index is 0.0510. The third-order valence-electron chi connectivity index (χ3n) is 3.74. The third kappa shape index (κ3) is 2.43. The van der Waals surface area contributed by atoms with Gasteiger partial charge in [-0.05, 0) is 43.4 Å². The van der Waals surface area contributed by atoms with Gasteiger partial charge in [-0.15, -0.1) is 0 Å². The van der Waals surface area contributed by atoms with E-state index in [0.29, 0.717) is 0 Å². The van der Waals surface area contributed by atoms with E-state index in [-0.39, 0.29) is 11.2 Å². The average molecular weight is 221 g/mol. The van der Waals surface area contributed by atoms with Gasteiger partial charge in [-0.25, -0.2) is 4.39 Å². The molecule has 0 spiro atoms. The summed E-state index contributed by atoms with van der Waals surface area (Å²) in [5, 5.41) is 3.27. The van der Waals surface area contributed by atoms with E-state index in [1.165, 1.54) is 25.7 Å². The summed E-state index contributed by atoms with van der Waals surface area (Å²) < 4.78 is 13.6. The highest BCUT2D eigenvalue weighted by Gasteiger charge is 2.33. The fourth-order valence-electron chi connectivity index (χ4n) is 2.96. The molecule has 0 atom stereocenters. The highest BCUT2D eigenvalue weighted by molar-refractivity contribution is 5.19. The van der Waals surface area contributed by atoms with Crippen LogP contribution in [0.15, 0.2) is 24.3 Å². The lowest BCUT2D eigenvalue weighted by Crippen LogP contribution is -2.32. The van der Waals surface area contributed by atoms with Gasteiger partial charge in [0.05, 0.1) is 0 Å². The molecule has 1 fully saturated rings. The van der Waals surface area contributed by atoms with Crippen LogP contribution >= 0.6 is 0 Å². The Kier molecular flexibility index (Phi) is 3.59. The van der Waals surface area contributed by atoms with Crippen molar-refractivity contribution in [1.29, 1.82) is 0 Å². The van der Waals surface area contributed by atoms with Gasteiger partial charge in [0.2, 0.25) is 0 Å². The van der Waals surface area contributed by atoms with E-state index in [1.807, 2.05) is 19.2 Å². The average Bonchev–Trinajstić information content (AvgIpc) is 2.71. The normalized spacial score (nSPS) is 18.9. The summed E-state index contributed by atoms with van der Waals surface area (Å²) in [6.45, 7) is 1.00. The van der Waals surface area contributed by atoms with Gasteiger partial charge in [0.1, 0.15) is 5.82 Å². The zero-order valence-corrected chi connectivity index (χ0v) is 9.93. The standard InChI is InChI=1S/C14H20FN/c1-16-11-14(8-4-5-9-14)10-12-6-2-3-7-13(12)15/h2-3,6-7,16H,4-5,8-11H2,1H3. The van der Waals surface area contributed by atoms with Gasteiger partial charge in [0, 0.05) is 6.54 Å². The quantitative estimate of drug-likeness (QED) is 0.823. The maximum absolute atomic E-state index is 13.6. The maximum atomic E-state index is 13.6. The van der Waals surface area contributed by atoms with E-state index in [1.54, 1.807) is 12.1 Å². The number of hydrogen-bond donors (Lipinski definition) is 1. The molecule has 0 aromatic heterocycles. The highest BCUT2D eigenvalue weighted by atomic mass is 19.1. The molecule has 0 aliphatic heterocycles. The molecule has 0 amide bonds. The molecule has 1 aromatic rings. The molecule has 0 saturated heterocycles. The molecule has 2 heteroatoms. The molecule has 0 heterocycles. The molecule has 16 heavy (non-hydrogen) atoms. The van der Waals surface area contributed by atoms with E-state index < -0.39 is 0 Å². The monoisotopic (exact) mass is 221 g/mol. The number of halogens is 1. The third-order valence-corrected chi connectivity index (χ3v) is 3.74. The summed E-state index contributed by atoms with van der Waals surface area (Å²) in [5.41, 5.74) is 1.16. The molecule has 2 rings (SSSR count). The van der Waals surface area contributed by atoms with Crippen LogP contribution in [0.4, 0.5) is 4.39 Å². The van der Waals surface area contributed by atoms with Crippen LogP contribution < -0.4 is 5.32 Å². The Morgan fingerprint density at radius 3 is 2.56 bits per heavy atom. The summed E-state index contributed by atoms with van der Waals surface area (Å²) in [7, 11) is 1.99. The molecule has 1 aromatic carbocycles. The van der Waals surface area contributed by atoms with Crippen molar-refractivity contribution in [1.82, 2.24) is 5.32 Å². The van der Waals surface area contributed by atoms with Crippen LogP contribution in [0.5, 0.6) is 0 Å². The second kappa shape index (κ2) is 4.96. The summed E-state index contributed by atoms with van der Waals surface area (Å²) in [6.07, 6.45) is 5.90. The van der Waals surface area contributed by atoms with Crippen molar-refractivity contribution in [3.63, 3.8) is 0 Å². The van der Waals surface area contributed by atoms with Gasteiger partial charge >= 0.3 is 0 Å². The van der Waals surface area contributed by atoms with Gasteiger partial charge in [0.25, 0.3) is 0 Å². The molecule has 1 N–H and O–H groups in total. The summed E-state index contributed by atoms with van der Waals surface area (Å²) in [4.78, 5) is 0. The molecule has 1 aliphatic carbocycles. The Balaban J connectivity index is 2.14. The topological polar surface area (TPSA) is 12.0 Å². The highest BCUT2D eigenvalue weighted by Crippen LogP contribution is 2.40. The van der Waals surface area contributed by atoms with Crippen molar-refractivity contribution in [2.24, 2.45) is 5.41 Å². The zero-order chi connectivity index (χ0) is 11.4. The predicted molar refractivity (Wildman–Crippen MR) is 64.9 cm³/mol. The first kappa shape index (κ1) is 11.6. The largest absolute Gasteiger partial charge is 0.319 e. The van der Waals surface area contributed by atoms with Crippen LogP contribution in [0.3, 0.4) is 0 Å². The smallest absolute Gasteiger partial charge is 0.126 e. The molecule has 1 aliphatic rings. The SMILES string of the molecule is CNCC1(Cc2ccccc2F)CCCC1. The lowest BCUT2D eigenvalue weighted by Gasteiger charge is -2.29. The molecule has 0 radical (unpaired) electrons. The molecule has 88 valence electrons. The summed E-state index contributed by atoms with van der Waals surface area (Å²) in [5.74, 6) is -0.0510. The second-order valence-corrected chi connectivity index (χ2v) is 5.01. The van der Waals surface area contributed by atoms with E-state index >= 15 is 0 Å². The Morgan fingerprint density at radius 2 is 1.94 bits per heavy atom. The Hall–Kier alpha value is -0.890. The Morgan fingerprint density at radius 1 is 1.25 bits per heavy atom. The summed E-state index contributed by atoms with van der Waals surface area (Å²) in [6, 6.07) is 7.18.